The smallest absolute Gasteiger partial charge is 0.335 e. The van der Waals surface area contributed by atoms with E-state index in [-0.39, 0.29) is 16.8 Å². The monoisotopic (exact) mass is 371 g/mol. The molecule has 0 unspecified atom stereocenters. The van der Waals surface area contributed by atoms with Crippen LogP contribution in [0.5, 0.6) is 0 Å². The van der Waals surface area contributed by atoms with E-state index in [1.165, 1.54) is 36.4 Å². The van der Waals surface area contributed by atoms with Gasteiger partial charge in [-0.1, -0.05) is 0 Å². The first-order valence-electron chi connectivity index (χ1n) is 8.21. The van der Waals surface area contributed by atoms with Crippen molar-refractivity contribution >= 4 is 28.9 Å². The van der Waals surface area contributed by atoms with Gasteiger partial charge in [0, 0.05) is 30.9 Å². The molecule has 0 radical (unpaired) electrons. The van der Waals surface area contributed by atoms with E-state index in [4.69, 9.17) is 9.84 Å². The summed E-state index contributed by atoms with van der Waals surface area (Å²) in [6.07, 6.45) is 0. The number of carboxylic acid groups (broad SMARTS) is 1. The molecule has 1 fully saturated rings. The molecular formula is C18H17N3O6. The number of rotatable bonds is 5. The standard InChI is InChI=1S/C18H17N3O6/c22-17(19-13-3-1-12(2-4-13)18(23)24)15-11-14(21(25)26)5-6-16(15)20-7-9-27-10-8-20/h1-6,11H,7-10H2,(H,19,22)(H,23,24). The van der Waals surface area contributed by atoms with Crippen molar-refractivity contribution in [2.24, 2.45) is 0 Å². The number of nitro groups is 1. The Hall–Kier alpha value is -3.46. The van der Waals surface area contributed by atoms with E-state index >= 15 is 0 Å². The summed E-state index contributed by atoms with van der Waals surface area (Å²) >= 11 is 0. The molecule has 9 nitrogen and oxygen atoms in total. The summed E-state index contributed by atoms with van der Waals surface area (Å²) in [4.78, 5) is 36.2. The molecule has 1 aliphatic rings. The van der Waals surface area contributed by atoms with Crippen molar-refractivity contribution < 1.29 is 24.4 Å². The number of carboxylic acids is 1. The van der Waals surface area contributed by atoms with Crippen LogP contribution in [0.15, 0.2) is 42.5 Å². The Labute approximate surface area is 154 Å². The highest BCUT2D eigenvalue weighted by atomic mass is 16.6. The van der Waals surface area contributed by atoms with Crippen LogP contribution >= 0.6 is 0 Å². The highest BCUT2D eigenvalue weighted by Crippen LogP contribution is 2.27. The van der Waals surface area contributed by atoms with Crippen LogP contribution in [-0.2, 0) is 4.74 Å². The van der Waals surface area contributed by atoms with Crippen molar-refractivity contribution in [3.05, 3.63) is 63.7 Å². The lowest BCUT2D eigenvalue weighted by molar-refractivity contribution is -0.384. The third-order valence-corrected chi connectivity index (χ3v) is 4.18. The Morgan fingerprint density at radius 2 is 1.78 bits per heavy atom. The topological polar surface area (TPSA) is 122 Å². The number of morpholine rings is 1. The number of hydrogen-bond donors (Lipinski definition) is 2. The molecule has 0 aliphatic carbocycles. The summed E-state index contributed by atoms with van der Waals surface area (Å²) in [6, 6.07) is 9.84. The van der Waals surface area contributed by atoms with Crippen molar-refractivity contribution in [2.45, 2.75) is 0 Å². The molecule has 9 heteroatoms. The van der Waals surface area contributed by atoms with E-state index in [9.17, 15) is 19.7 Å². The second kappa shape index (κ2) is 7.83. The van der Waals surface area contributed by atoms with Gasteiger partial charge in [-0.05, 0) is 30.3 Å². The number of non-ortho nitro benzene ring substituents is 1. The molecule has 140 valence electrons. The van der Waals surface area contributed by atoms with Crippen LogP contribution in [-0.4, -0.2) is 48.2 Å². The Bertz CT molecular complexity index is 875. The molecule has 0 aromatic heterocycles. The Balaban J connectivity index is 1.89. The molecule has 27 heavy (non-hydrogen) atoms. The highest BCUT2D eigenvalue weighted by Gasteiger charge is 2.22. The first-order chi connectivity index (χ1) is 13.0. The molecule has 2 aromatic rings. The van der Waals surface area contributed by atoms with Crippen molar-refractivity contribution in [3.63, 3.8) is 0 Å². The molecule has 0 atom stereocenters. The number of hydrogen-bond acceptors (Lipinski definition) is 6. The lowest BCUT2D eigenvalue weighted by Gasteiger charge is -2.30. The van der Waals surface area contributed by atoms with Gasteiger partial charge in [-0.3, -0.25) is 14.9 Å². The van der Waals surface area contributed by atoms with Crippen molar-refractivity contribution in [3.8, 4) is 0 Å². The zero-order valence-corrected chi connectivity index (χ0v) is 14.3. The van der Waals surface area contributed by atoms with Gasteiger partial charge in [-0.15, -0.1) is 0 Å². The Kier molecular flexibility index (Phi) is 5.32. The predicted octanol–water partition coefficient (Wildman–Crippen LogP) is 2.38. The summed E-state index contributed by atoms with van der Waals surface area (Å²) in [6.45, 7) is 2.17. The van der Waals surface area contributed by atoms with Crippen molar-refractivity contribution in [1.29, 1.82) is 0 Å². The number of carbonyl (C=O) groups is 2. The van der Waals surface area contributed by atoms with Crippen LogP contribution in [0.3, 0.4) is 0 Å². The number of nitrogens with zero attached hydrogens (tertiary/aromatic N) is 2. The van der Waals surface area contributed by atoms with Gasteiger partial charge in [0.1, 0.15) is 0 Å². The minimum atomic E-state index is -1.07. The number of nitro benzene ring substituents is 1. The van der Waals surface area contributed by atoms with Crippen LogP contribution in [0.25, 0.3) is 0 Å². The van der Waals surface area contributed by atoms with Gasteiger partial charge in [0.15, 0.2) is 0 Å². The van der Waals surface area contributed by atoms with E-state index in [0.29, 0.717) is 37.7 Å². The summed E-state index contributed by atoms with van der Waals surface area (Å²) in [5.74, 6) is -1.58. The van der Waals surface area contributed by atoms with Crippen LogP contribution < -0.4 is 10.2 Å². The molecule has 1 heterocycles. The second-order valence-electron chi connectivity index (χ2n) is 5.89. The molecular weight excluding hydrogens is 354 g/mol. The van der Waals surface area contributed by atoms with E-state index in [1.807, 2.05) is 4.90 Å². The minimum absolute atomic E-state index is 0.0948. The molecule has 1 amide bonds. The lowest BCUT2D eigenvalue weighted by Crippen LogP contribution is -2.37. The average Bonchev–Trinajstić information content (AvgIpc) is 2.68. The van der Waals surface area contributed by atoms with Crippen LogP contribution in [0, 0.1) is 10.1 Å². The number of nitrogens with one attached hydrogen (secondary N) is 1. The summed E-state index contributed by atoms with van der Waals surface area (Å²) in [7, 11) is 0. The number of ether oxygens (including phenoxy) is 1. The highest BCUT2D eigenvalue weighted by molar-refractivity contribution is 6.08. The number of anilines is 2. The maximum atomic E-state index is 12.8. The first-order valence-corrected chi connectivity index (χ1v) is 8.21. The molecule has 0 saturated carbocycles. The third kappa shape index (κ3) is 4.21. The fraction of sp³-hybridized carbons (Fsp3) is 0.222. The fourth-order valence-corrected chi connectivity index (χ4v) is 2.79. The normalized spacial score (nSPS) is 13.9. The quantitative estimate of drug-likeness (QED) is 0.611. The SMILES string of the molecule is O=C(O)c1ccc(NC(=O)c2cc([N+](=O)[O-])ccc2N2CCOCC2)cc1. The van der Waals surface area contributed by atoms with Crippen molar-refractivity contribution in [2.75, 3.05) is 36.5 Å². The molecule has 0 bridgehead atoms. The average molecular weight is 371 g/mol. The Morgan fingerprint density at radius 1 is 1.11 bits per heavy atom. The van der Waals surface area contributed by atoms with Gasteiger partial charge in [-0.2, -0.15) is 0 Å². The summed E-state index contributed by atoms with van der Waals surface area (Å²) in [5, 5.41) is 22.7. The molecule has 2 N–H and O–H groups in total. The Morgan fingerprint density at radius 3 is 2.37 bits per heavy atom. The largest absolute Gasteiger partial charge is 0.478 e. The number of benzene rings is 2. The van der Waals surface area contributed by atoms with E-state index < -0.39 is 16.8 Å². The third-order valence-electron chi connectivity index (χ3n) is 4.18. The number of amides is 1. The van der Waals surface area contributed by atoms with E-state index in [2.05, 4.69) is 5.32 Å². The molecule has 1 aliphatic heterocycles. The predicted molar refractivity (Wildman–Crippen MR) is 97.5 cm³/mol. The molecule has 3 rings (SSSR count). The van der Waals surface area contributed by atoms with Gasteiger partial charge in [0.2, 0.25) is 0 Å². The zero-order chi connectivity index (χ0) is 19.4. The van der Waals surface area contributed by atoms with Gasteiger partial charge in [0.25, 0.3) is 11.6 Å². The van der Waals surface area contributed by atoms with E-state index in [1.54, 1.807) is 6.07 Å². The summed E-state index contributed by atoms with van der Waals surface area (Å²) in [5.41, 5.74) is 1.07. The zero-order valence-electron chi connectivity index (χ0n) is 14.3. The first kappa shape index (κ1) is 18.3. The van der Waals surface area contributed by atoms with Crippen LogP contribution in [0.1, 0.15) is 20.7 Å². The van der Waals surface area contributed by atoms with Gasteiger partial charge in [-0.25, -0.2) is 4.79 Å². The number of carbonyl (C=O) groups excluding carboxylic acids is 1. The molecule has 1 saturated heterocycles. The summed E-state index contributed by atoms with van der Waals surface area (Å²) < 4.78 is 5.31. The van der Waals surface area contributed by atoms with Gasteiger partial charge in [0.05, 0.1) is 35.0 Å². The van der Waals surface area contributed by atoms with Crippen LogP contribution in [0.4, 0.5) is 17.1 Å². The van der Waals surface area contributed by atoms with Crippen LogP contribution in [0.2, 0.25) is 0 Å². The maximum Gasteiger partial charge on any atom is 0.335 e. The molecule has 0 spiro atoms. The van der Waals surface area contributed by atoms with Gasteiger partial charge >= 0.3 is 5.97 Å². The fourth-order valence-electron chi connectivity index (χ4n) is 2.79. The lowest BCUT2D eigenvalue weighted by atomic mass is 10.1. The van der Waals surface area contributed by atoms with Gasteiger partial charge < -0.3 is 20.1 Å². The second-order valence-corrected chi connectivity index (χ2v) is 5.89. The number of aromatic carboxylic acids is 1. The molecule has 2 aromatic carbocycles. The minimum Gasteiger partial charge on any atom is -0.478 e. The van der Waals surface area contributed by atoms with E-state index in [0.717, 1.165) is 0 Å². The maximum absolute atomic E-state index is 12.8. The van der Waals surface area contributed by atoms with Crippen molar-refractivity contribution in [1.82, 2.24) is 0 Å².